The molecule has 1 nitrogen and oxygen atoms in total. The third-order valence-corrected chi connectivity index (χ3v) is 2.91. The van der Waals surface area contributed by atoms with Crippen LogP contribution in [0.1, 0.15) is 11.1 Å². The Kier molecular flexibility index (Phi) is 3.82. The zero-order chi connectivity index (χ0) is 13.1. The highest BCUT2D eigenvalue weighted by Crippen LogP contribution is 2.23. The molecule has 0 saturated carbocycles. The molecule has 4 heteroatoms. The Bertz CT molecular complexity index is 570. The van der Waals surface area contributed by atoms with Crippen molar-refractivity contribution in [2.45, 2.75) is 13.5 Å². The van der Waals surface area contributed by atoms with Crippen molar-refractivity contribution in [2.24, 2.45) is 0 Å². The zero-order valence-corrected chi connectivity index (χ0v) is 10.6. The Balaban J connectivity index is 2.13. The quantitative estimate of drug-likeness (QED) is 0.861. The van der Waals surface area contributed by atoms with E-state index in [1.165, 1.54) is 24.3 Å². The second-order valence-electron chi connectivity index (χ2n) is 4.07. The smallest absolute Gasteiger partial charge is 0.128 e. The average Bonchev–Trinajstić information content (AvgIpc) is 2.32. The van der Waals surface area contributed by atoms with E-state index in [4.69, 9.17) is 11.6 Å². The van der Waals surface area contributed by atoms with E-state index in [0.29, 0.717) is 17.8 Å². The summed E-state index contributed by atoms with van der Waals surface area (Å²) in [6.07, 6.45) is 0. The summed E-state index contributed by atoms with van der Waals surface area (Å²) in [7, 11) is 0. The highest BCUT2D eigenvalue weighted by molar-refractivity contribution is 6.33. The lowest BCUT2D eigenvalue weighted by Crippen LogP contribution is -2.02. The molecule has 0 aromatic heterocycles. The first-order valence-electron chi connectivity index (χ1n) is 5.50. The Labute approximate surface area is 109 Å². The van der Waals surface area contributed by atoms with Gasteiger partial charge in [-0.3, -0.25) is 0 Å². The lowest BCUT2D eigenvalue weighted by atomic mass is 10.1. The molecule has 18 heavy (non-hydrogen) atoms. The van der Waals surface area contributed by atoms with E-state index in [9.17, 15) is 8.78 Å². The van der Waals surface area contributed by atoms with Gasteiger partial charge in [-0.05, 0) is 31.2 Å². The fourth-order valence-electron chi connectivity index (χ4n) is 1.66. The monoisotopic (exact) mass is 267 g/mol. The van der Waals surface area contributed by atoms with E-state index in [1.54, 1.807) is 12.1 Å². The Hall–Kier alpha value is -1.61. The van der Waals surface area contributed by atoms with Gasteiger partial charge in [0.2, 0.25) is 0 Å². The number of rotatable bonds is 3. The van der Waals surface area contributed by atoms with Crippen molar-refractivity contribution in [3.8, 4) is 0 Å². The number of hydrogen-bond acceptors (Lipinski definition) is 1. The van der Waals surface area contributed by atoms with Gasteiger partial charge in [-0.25, -0.2) is 8.78 Å². The molecule has 0 aliphatic rings. The largest absolute Gasteiger partial charge is 0.380 e. The molecule has 0 radical (unpaired) electrons. The minimum absolute atomic E-state index is 0.272. The predicted molar refractivity (Wildman–Crippen MR) is 69.9 cm³/mol. The van der Waals surface area contributed by atoms with Crippen LogP contribution in [0.4, 0.5) is 14.5 Å². The van der Waals surface area contributed by atoms with Crippen LogP contribution in [-0.4, -0.2) is 0 Å². The number of nitrogens with one attached hydrogen (secondary N) is 1. The molecule has 1 N–H and O–H groups in total. The molecule has 0 saturated heterocycles. The third-order valence-electron chi connectivity index (χ3n) is 2.60. The van der Waals surface area contributed by atoms with Gasteiger partial charge in [0.25, 0.3) is 0 Å². The van der Waals surface area contributed by atoms with Crippen LogP contribution in [0, 0.1) is 18.6 Å². The topological polar surface area (TPSA) is 12.0 Å². The molecule has 0 bridgehead atoms. The van der Waals surface area contributed by atoms with E-state index in [1.807, 2.05) is 6.92 Å². The average molecular weight is 268 g/mol. The van der Waals surface area contributed by atoms with Crippen LogP contribution in [0.2, 0.25) is 5.02 Å². The van der Waals surface area contributed by atoms with Crippen molar-refractivity contribution in [1.29, 1.82) is 0 Å². The molecule has 2 aromatic carbocycles. The number of anilines is 1. The minimum atomic E-state index is -0.396. The number of hydrogen-bond donors (Lipinski definition) is 1. The zero-order valence-electron chi connectivity index (χ0n) is 9.81. The number of benzene rings is 2. The molecule has 0 fully saturated rings. The van der Waals surface area contributed by atoms with Crippen LogP contribution in [0.25, 0.3) is 0 Å². The first-order valence-corrected chi connectivity index (χ1v) is 5.88. The van der Waals surface area contributed by atoms with Gasteiger partial charge in [-0.2, -0.15) is 0 Å². The molecule has 0 heterocycles. The maximum Gasteiger partial charge on any atom is 0.128 e. The highest BCUT2D eigenvalue weighted by atomic mass is 35.5. The van der Waals surface area contributed by atoms with Crippen LogP contribution in [-0.2, 0) is 6.54 Å². The molecule has 94 valence electrons. The van der Waals surface area contributed by atoms with Gasteiger partial charge < -0.3 is 5.32 Å². The van der Waals surface area contributed by atoms with E-state index in [2.05, 4.69) is 5.32 Å². The van der Waals surface area contributed by atoms with E-state index in [0.717, 1.165) is 5.56 Å². The van der Waals surface area contributed by atoms with Crippen LogP contribution < -0.4 is 5.32 Å². The maximum absolute atomic E-state index is 13.5. The van der Waals surface area contributed by atoms with Crippen LogP contribution in [0.15, 0.2) is 36.4 Å². The molecule has 0 aliphatic heterocycles. The first kappa shape index (κ1) is 12.8. The summed E-state index contributed by atoms with van der Waals surface area (Å²) >= 11 is 5.87. The van der Waals surface area contributed by atoms with E-state index < -0.39 is 5.82 Å². The molecular formula is C14H12ClF2N. The van der Waals surface area contributed by atoms with Crippen molar-refractivity contribution in [3.63, 3.8) is 0 Å². The lowest BCUT2D eigenvalue weighted by molar-refractivity contribution is 0.612. The number of aryl methyl sites for hydroxylation is 1. The maximum atomic E-state index is 13.5. The highest BCUT2D eigenvalue weighted by Gasteiger charge is 2.05. The molecular weight excluding hydrogens is 256 g/mol. The second kappa shape index (κ2) is 5.36. The lowest BCUT2D eigenvalue weighted by Gasteiger charge is -2.09. The summed E-state index contributed by atoms with van der Waals surface area (Å²) in [4.78, 5) is 0. The summed E-state index contributed by atoms with van der Waals surface area (Å²) in [5.41, 5.74) is 2.12. The van der Waals surface area contributed by atoms with Crippen molar-refractivity contribution in [1.82, 2.24) is 0 Å². The second-order valence-corrected chi connectivity index (χ2v) is 4.48. The van der Waals surface area contributed by atoms with Crippen molar-refractivity contribution in [3.05, 3.63) is 64.2 Å². The first-order chi connectivity index (χ1) is 8.56. The van der Waals surface area contributed by atoms with Gasteiger partial charge in [-0.15, -0.1) is 0 Å². The molecule has 0 atom stereocenters. The van der Waals surface area contributed by atoms with E-state index in [-0.39, 0.29) is 10.8 Å². The number of halogens is 3. The summed E-state index contributed by atoms with van der Waals surface area (Å²) in [6.45, 7) is 2.20. The van der Waals surface area contributed by atoms with Crippen molar-refractivity contribution < 1.29 is 8.78 Å². The van der Waals surface area contributed by atoms with Gasteiger partial charge in [0, 0.05) is 12.1 Å². The van der Waals surface area contributed by atoms with Crippen molar-refractivity contribution >= 4 is 17.3 Å². The molecule has 2 rings (SSSR count). The summed E-state index contributed by atoms with van der Waals surface area (Å²) in [5, 5.41) is 3.27. The van der Waals surface area contributed by atoms with Gasteiger partial charge in [0.05, 0.1) is 10.7 Å². The fourth-order valence-corrected chi connectivity index (χ4v) is 1.90. The van der Waals surface area contributed by atoms with E-state index >= 15 is 0 Å². The summed E-state index contributed by atoms with van der Waals surface area (Å²) in [6, 6.07) is 8.96. The van der Waals surface area contributed by atoms with Gasteiger partial charge in [0.15, 0.2) is 0 Å². The van der Waals surface area contributed by atoms with Crippen molar-refractivity contribution in [2.75, 3.05) is 5.32 Å². The third kappa shape index (κ3) is 2.99. The normalized spacial score (nSPS) is 10.4. The molecule has 0 unspecified atom stereocenters. The van der Waals surface area contributed by atoms with Crippen LogP contribution >= 0.6 is 11.6 Å². The van der Waals surface area contributed by atoms with Gasteiger partial charge in [-0.1, -0.05) is 29.3 Å². The van der Waals surface area contributed by atoms with Gasteiger partial charge in [0.1, 0.15) is 11.6 Å². The van der Waals surface area contributed by atoms with Gasteiger partial charge >= 0.3 is 0 Å². The molecule has 2 aromatic rings. The Morgan fingerprint density at radius 2 is 1.89 bits per heavy atom. The molecule has 0 aliphatic carbocycles. The Morgan fingerprint density at radius 1 is 1.11 bits per heavy atom. The minimum Gasteiger partial charge on any atom is -0.380 e. The summed E-state index contributed by atoms with van der Waals surface area (Å²) in [5.74, 6) is -0.668. The van der Waals surface area contributed by atoms with Crippen LogP contribution in [0.5, 0.6) is 0 Å². The molecule has 0 amide bonds. The SMILES string of the molecule is Cc1ccc(F)c(CNc2ccc(F)cc2Cl)c1. The standard InChI is InChI=1S/C14H12ClF2N/c1-9-2-4-13(17)10(6-9)8-18-14-5-3-11(16)7-12(14)15/h2-7,18H,8H2,1H3. The summed E-state index contributed by atoms with van der Waals surface area (Å²) < 4.78 is 26.4. The molecule has 0 spiro atoms. The fraction of sp³-hybridized carbons (Fsp3) is 0.143. The Morgan fingerprint density at radius 3 is 2.61 bits per heavy atom. The predicted octanol–water partition coefficient (Wildman–Crippen LogP) is 4.54. The van der Waals surface area contributed by atoms with Crippen LogP contribution in [0.3, 0.4) is 0 Å².